The van der Waals surface area contributed by atoms with E-state index >= 15 is 0 Å². The van der Waals surface area contributed by atoms with Crippen molar-refractivity contribution in [2.45, 2.75) is 25.2 Å². The van der Waals surface area contributed by atoms with E-state index in [0.29, 0.717) is 6.54 Å². The molecule has 4 nitrogen and oxygen atoms in total. The maximum Gasteiger partial charge on any atom is 0.261 e. The van der Waals surface area contributed by atoms with Gasteiger partial charge in [0.15, 0.2) is 0 Å². The summed E-state index contributed by atoms with van der Waals surface area (Å²) in [6.07, 6.45) is 0.747. The van der Waals surface area contributed by atoms with E-state index < -0.39 is 20.8 Å². The van der Waals surface area contributed by atoms with Crippen molar-refractivity contribution < 1.29 is 17.6 Å². The molecule has 0 saturated heterocycles. The van der Waals surface area contributed by atoms with E-state index in [1.807, 2.05) is 6.92 Å². The maximum absolute atomic E-state index is 13.5. The quantitative estimate of drug-likeness (QED) is 0.803. The number of benzene rings is 1. The van der Waals surface area contributed by atoms with Crippen molar-refractivity contribution in [1.29, 1.82) is 0 Å². The van der Waals surface area contributed by atoms with Crippen molar-refractivity contribution >= 4 is 25.6 Å². The minimum absolute atomic E-state index is 0.00942. The SMILES string of the molecule is CCCN(C)C(=O)c1cc(F)cc(S(=O)(=O)Cl)c1C. The zero-order chi connectivity index (χ0) is 14.8. The molecule has 0 radical (unpaired) electrons. The van der Waals surface area contributed by atoms with E-state index in [2.05, 4.69) is 0 Å². The molecule has 1 rings (SSSR count). The van der Waals surface area contributed by atoms with Crippen LogP contribution in [0.5, 0.6) is 0 Å². The van der Waals surface area contributed by atoms with Gasteiger partial charge in [0.2, 0.25) is 0 Å². The minimum Gasteiger partial charge on any atom is -0.342 e. The fourth-order valence-electron chi connectivity index (χ4n) is 1.77. The summed E-state index contributed by atoms with van der Waals surface area (Å²) < 4.78 is 36.2. The molecule has 0 heterocycles. The molecule has 19 heavy (non-hydrogen) atoms. The summed E-state index contributed by atoms with van der Waals surface area (Å²) in [6.45, 7) is 3.83. The molecule has 0 atom stereocenters. The van der Waals surface area contributed by atoms with Crippen molar-refractivity contribution in [1.82, 2.24) is 4.90 Å². The van der Waals surface area contributed by atoms with E-state index in [4.69, 9.17) is 10.7 Å². The van der Waals surface area contributed by atoms with E-state index in [1.54, 1.807) is 7.05 Å². The Bertz CT molecular complexity index is 601. The fourth-order valence-corrected chi connectivity index (χ4v) is 2.98. The molecule has 1 amide bonds. The Balaban J connectivity index is 3.38. The molecule has 0 bridgehead atoms. The van der Waals surface area contributed by atoms with Crippen molar-refractivity contribution in [3.05, 3.63) is 29.1 Å². The predicted octanol–water partition coefficient (Wildman–Crippen LogP) is 2.54. The van der Waals surface area contributed by atoms with Gasteiger partial charge in [-0.05, 0) is 31.0 Å². The van der Waals surface area contributed by atoms with Gasteiger partial charge in [-0.2, -0.15) is 0 Å². The number of carbonyl (C=O) groups excluding carboxylic acids is 1. The number of hydrogen-bond donors (Lipinski definition) is 0. The molecule has 0 aliphatic rings. The summed E-state index contributed by atoms with van der Waals surface area (Å²) in [6, 6.07) is 1.84. The standard InChI is InChI=1S/C12H15ClFNO3S/c1-4-5-15(3)12(16)10-6-9(14)7-11(8(10)2)19(13,17)18/h6-7H,4-5H2,1-3H3. The number of rotatable bonds is 4. The van der Waals surface area contributed by atoms with Gasteiger partial charge in [0.25, 0.3) is 15.0 Å². The second-order valence-corrected chi connectivity index (χ2v) is 6.78. The Morgan fingerprint density at radius 3 is 2.47 bits per heavy atom. The number of amides is 1. The Morgan fingerprint density at radius 2 is 2.00 bits per heavy atom. The number of carbonyl (C=O) groups is 1. The van der Waals surface area contributed by atoms with Gasteiger partial charge in [-0.25, -0.2) is 12.8 Å². The lowest BCUT2D eigenvalue weighted by Crippen LogP contribution is -2.28. The van der Waals surface area contributed by atoms with Crippen LogP contribution in [0.2, 0.25) is 0 Å². The summed E-state index contributed by atoms with van der Waals surface area (Å²) in [5.74, 6) is -1.24. The Kier molecular flexibility index (Phi) is 4.92. The van der Waals surface area contributed by atoms with E-state index in [-0.39, 0.29) is 16.0 Å². The van der Waals surface area contributed by atoms with Crippen LogP contribution in [0.25, 0.3) is 0 Å². The molecule has 0 saturated carbocycles. The van der Waals surface area contributed by atoms with Crippen LogP contribution in [-0.2, 0) is 9.05 Å². The smallest absolute Gasteiger partial charge is 0.261 e. The largest absolute Gasteiger partial charge is 0.342 e. The average molecular weight is 308 g/mol. The summed E-state index contributed by atoms with van der Waals surface area (Å²) in [5, 5.41) is 0. The van der Waals surface area contributed by atoms with Crippen LogP contribution < -0.4 is 0 Å². The first-order chi connectivity index (χ1) is 8.68. The van der Waals surface area contributed by atoms with Crippen LogP contribution in [0, 0.1) is 12.7 Å². The predicted molar refractivity (Wildman–Crippen MR) is 71.4 cm³/mol. The molecule has 7 heteroatoms. The van der Waals surface area contributed by atoms with E-state index in [9.17, 15) is 17.6 Å². The number of hydrogen-bond acceptors (Lipinski definition) is 3. The number of nitrogens with zero attached hydrogens (tertiary/aromatic N) is 1. The van der Waals surface area contributed by atoms with Crippen LogP contribution in [0.4, 0.5) is 4.39 Å². The zero-order valence-corrected chi connectivity index (χ0v) is 12.5. The van der Waals surface area contributed by atoms with Gasteiger partial charge in [0.05, 0.1) is 4.90 Å². The molecule has 0 aliphatic carbocycles. The lowest BCUT2D eigenvalue weighted by atomic mass is 10.1. The van der Waals surface area contributed by atoms with Crippen molar-refractivity contribution in [3.8, 4) is 0 Å². The van der Waals surface area contributed by atoms with Crippen molar-refractivity contribution in [2.24, 2.45) is 0 Å². The van der Waals surface area contributed by atoms with Gasteiger partial charge in [0.1, 0.15) is 5.82 Å². The van der Waals surface area contributed by atoms with Gasteiger partial charge in [-0.15, -0.1) is 0 Å². The molecule has 0 aliphatic heterocycles. The van der Waals surface area contributed by atoms with E-state index in [1.165, 1.54) is 11.8 Å². The second-order valence-electron chi connectivity index (χ2n) is 4.24. The second kappa shape index (κ2) is 5.88. The zero-order valence-electron chi connectivity index (χ0n) is 10.9. The summed E-state index contributed by atoms with van der Waals surface area (Å²) in [5.41, 5.74) is 0.166. The van der Waals surface area contributed by atoms with Crippen molar-refractivity contribution in [3.63, 3.8) is 0 Å². The molecule has 0 N–H and O–H groups in total. The molecule has 0 unspecified atom stereocenters. The number of halogens is 2. The Hall–Kier alpha value is -1.14. The van der Waals surface area contributed by atoms with Gasteiger partial charge in [-0.3, -0.25) is 4.79 Å². The molecular weight excluding hydrogens is 293 g/mol. The van der Waals surface area contributed by atoms with Crippen LogP contribution in [-0.4, -0.2) is 32.8 Å². The normalized spacial score (nSPS) is 11.4. The third-order valence-corrected chi connectivity index (χ3v) is 4.17. The third-order valence-electron chi connectivity index (χ3n) is 2.72. The van der Waals surface area contributed by atoms with Gasteiger partial charge < -0.3 is 4.90 Å². The maximum atomic E-state index is 13.5. The highest BCUT2D eigenvalue weighted by Gasteiger charge is 2.22. The molecule has 0 aromatic heterocycles. The van der Waals surface area contributed by atoms with Crippen LogP contribution in [0.3, 0.4) is 0 Å². The van der Waals surface area contributed by atoms with Crippen LogP contribution >= 0.6 is 10.7 Å². The third kappa shape index (κ3) is 3.67. The van der Waals surface area contributed by atoms with E-state index in [0.717, 1.165) is 18.6 Å². The fraction of sp³-hybridized carbons (Fsp3) is 0.417. The van der Waals surface area contributed by atoms with Gasteiger partial charge >= 0.3 is 0 Å². The highest BCUT2D eigenvalue weighted by atomic mass is 35.7. The average Bonchev–Trinajstić information content (AvgIpc) is 2.29. The first-order valence-electron chi connectivity index (χ1n) is 5.68. The summed E-state index contributed by atoms with van der Waals surface area (Å²) in [4.78, 5) is 13.1. The molecular formula is C12H15ClFNO3S. The summed E-state index contributed by atoms with van der Waals surface area (Å²) >= 11 is 0. The topological polar surface area (TPSA) is 54.5 Å². The van der Waals surface area contributed by atoms with Crippen LogP contribution in [0.1, 0.15) is 29.3 Å². The highest BCUT2D eigenvalue weighted by Crippen LogP contribution is 2.25. The van der Waals surface area contributed by atoms with Gasteiger partial charge in [0, 0.05) is 29.8 Å². The first-order valence-corrected chi connectivity index (χ1v) is 7.99. The minimum atomic E-state index is -4.09. The Labute approximate surface area is 116 Å². The molecule has 1 aromatic rings. The lowest BCUT2D eigenvalue weighted by Gasteiger charge is -2.18. The first kappa shape index (κ1) is 15.9. The van der Waals surface area contributed by atoms with Gasteiger partial charge in [-0.1, -0.05) is 6.92 Å². The summed E-state index contributed by atoms with van der Waals surface area (Å²) in [7, 11) is 2.72. The molecule has 1 aromatic carbocycles. The molecule has 106 valence electrons. The van der Waals surface area contributed by atoms with Crippen molar-refractivity contribution in [2.75, 3.05) is 13.6 Å². The molecule has 0 fully saturated rings. The highest BCUT2D eigenvalue weighted by molar-refractivity contribution is 8.13. The lowest BCUT2D eigenvalue weighted by molar-refractivity contribution is 0.0793. The molecule has 0 spiro atoms. The Morgan fingerprint density at radius 1 is 1.42 bits per heavy atom. The monoisotopic (exact) mass is 307 g/mol. The van der Waals surface area contributed by atoms with Crippen LogP contribution in [0.15, 0.2) is 17.0 Å².